The fourth-order valence-corrected chi connectivity index (χ4v) is 2.23. The molecule has 2 amide bonds. The summed E-state index contributed by atoms with van der Waals surface area (Å²) in [6, 6.07) is 10.7. The van der Waals surface area contributed by atoms with Crippen LogP contribution in [0.5, 0.6) is 0 Å². The lowest BCUT2D eigenvalue weighted by Gasteiger charge is -2.12. The first-order chi connectivity index (χ1) is 11.6. The van der Waals surface area contributed by atoms with Crippen molar-refractivity contribution >= 4 is 17.5 Å². The Bertz CT molecular complexity index is 688. The largest absolute Gasteiger partial charge is 0.352 e. The van der Waals surface area contributed by atoms with Gasteiger partial charge in [-0.15, -0.1) is 0 Å². The van der Waals surface area contributed by atoms with E-state index >= 15 is 0 Å². The lowest BCUT2D eigenvalue weighted by atomic mass is 10.1. The maximum absolute atomic E-state index is 12.1. The third-order valence-corrected chi connectivity index (χ3v) is 3.55. The Hall–Kier alpha value is -2.73. The summed E-state index contributed by atoms with van der Waals surface area (Å²) in [6.45, 7) is 2.93. The number of nitrogens with one attached hydrogen (secondary N) is 3. The molecule has 1 aromatic carbocycles. The van der Waals surface area contributed by atoms with Gasteiger partial charge >= 0.3 is 0 Å². The third-order valence-electron chi connectivity index (χ3n) is 3.55. The van der Waals surface area contributed by atoms with E-state index in [1.165, 1.54) is 0 Å². The average Bonchev–Trinajstić information content (AvgIpc) is 2.61. The summed E-state index contributed by atoms with van der Waals surface area (Å²) in [6.07, 6.45) is 3.15. The second-order valence-electron chi connectivity index (χ2n) is 5.57. The van der Waals surface area contributed by atoms with Crippen LogP contribution in [0.15, 0.2) is 48.8 Å². The Balaban J connectivity index is 1.94. The Labute approximate surface area is 141 Å². The van der Waals surface area contributed by atoms with E-state index in [-0.39, 0.29) is 17.7 Å². The van der Waals surface area contributed by atoms with Gasteiger partial charge in [0.05, 0.1) is 0 Å². The lowest BCUT2D eigenvalue weighted by Crippen LogP contribution is -2.33. The van der Waals surface area contributed by atoms with Crippen LogP contribution in [0.4, 0.5) is 5.69 Å². The number of carbonyl (C=O) groups excluding carboxylic acids is 2. The predicted molar refractivity (Wildman–Crippen MR) is 93.6 cm³/mol. The number of nitrogens with zero attached hydrogens (tertiary/aromatic N) is 1. The van der Waals surface area contributed by atoms with Crippen molar-refractivity contribution in [1.29, 1.82) is 0 Å². The van der Waals surface area contributed by atoms with Crippen LogP contribution in [-0.4, -0.2) is 30.4 Å². The molecule has 0 aliphatic carbocycles. The minimum Gasteiger partial charge on any atom is -0.352 e. The molecule has 1 aromatic heterocycles. The first kappa shape index (κ1) is 17.6. The van der Waals surface area contributed by atoms with Gasteiger partial charge in [-0.2, -0.15) is 0 Å². The topological polar surface area (TPSA) is 83.1 Å². The Morgan fingerprint density at radius 3 is 2.62 bits per heavy atom. The van der Waals surface area contributed by atoms with Gasteiger partial charge in [-0.25, -0.2) is 0 Å². The smallest absolute Gasteiger partial charge is 0.255 e. The van der Waals surface area contributed by atoms with Crippen molar-refractivity contribution in [2.24, 2.45) is 5.92 Å². The molecule has 6 heteroatoms. The molecule has 0 spiro atoms. The fraction of sp³-hybridized carbons (Fsp3) is 0.278. The molecule has 1 heterocycles. The number of hydrogen-bond donors (Lipinski definition) is 3. The molecule has 0 fully saturated rings. The highest BCUT2D eigenvalue weighted by Crippen LogP contribution is 2.12. The first-order valence-electron chi connectivity index (χ1n) is 7.82. The van der Waals surface area contributed by atoms with Crippen LogP contribution in [0.2, 0.25) is 0 Å². The summed E-state index contributed by atoms with van der Waals surface area (Å²) in [5, 5.41) is 8.72. The summed E-state index contributed by atoms with van der Waals surface area (Å²) < 4.78 is 0. The summed E-state index contributed by atoms with van der Waals surface area (Å²) in [5.41, 5.74) is 2.16. The van der Waals surface area contributed by atoms with E-state index in [1.807, 2.05) is 38.2 Å². The molecule has 0 saturated heterocycles. The lowest BCUT2D eigenvalue weighted by molar-refractivity contribution is -0.124. The number of amides is 2. The summed E-state index contributed by atoms with van der Waals surface area (Å²) >= 11 is 0. The first-order valence-corrected chi connectivity index (χ1v) is 7.82. The van der Waals surface area contributed by atoms with E-state index < -0.39 is 0 Å². The van der Waals surface area contributed by atoms with Crippen molar-refractivity contribution in [1.82, 2.24) is 15.6 Å². The molecule has 0 aliphatic rings. The van der Waals surface area contributed by atoms with Crippen molar-refractivity contribution in [2.75, 3.05) is 18.9 Å². The van der Waals surface area contributed by atoms with Crippen LogP contribution >= 0.6 is 0 Å². The maximum Gasteiger partial charge on any atom is 0.255 e. The highest BCUT2D eigenvalue weighted by Gasteiger charge is 2.11. The van der Waals surface area contributed by atoms with Crippen LogP contribution in [0.1, 0.15) is 22.8 Å². The Morgan fingerprint density at radius 1 is 1.17 bits per heavy atom. The number of carbonyl (C=O) groups is 2. The number of pyridine rings is 1. The van der Waals surface area contributed by atoms with Gasteiger partial charge in [0, 0.05) is 42.7 Å². The summed E-state index contributed by atoms with van der Waals surface area (Å²) in [4.78, 5) is 28.0. The van der Waals surface area contributed by atoms with Gasteiger partial charge in [0.15, 0.2) is 0 Å². The van der Waals surface area contributed by atoms with E-state index in [1.54, 1.807) is 24.5 Å². The molecular formula is C18H22N4O2. The molecule has 0 radical (unpaired) electrons. The number of rotatable bonds is 7. The fourth-order valence-electron chi connectivity index (χ4n) is 2.23. The molecule has 0 bridgehead atoms. The van der Waals surface area contributed by atoms with E-state index in [4.69, 9.17) is 0 Å². The van der Waals surface area contributed by atoms with Crippen molar-refractivity contribution in [2.45, 2.75) is 13.5 Å². The van der Waals surface area contributed by atoms with Gasteiger partial charge in [-0.05, 0) is 36.9 Å². The maximum atomic E-state index is 12.1. The van der Waals surface area contributed by atoms with Gasteiger partial charge in [0.1, 0.15) is 0 Å². The minimum absolute atomic E-state index is 0.00410. The standard InChI is InChI=1S/C18H22N4O2/c1-13(11-19-2)17(23)21-12-14-4-3-5-16(10-14)22-18(24)15-6-8-20-9-7-15/h3-10,13,19H,11-12H2,1-2H3,(H,21,23)(H,22,24). The second kappa shape index (κ2) is 8.79. The zero-order valence-electron chi connectivity index (χ0n) is 13.9. The molecule has 2 rings (SSSR count). The van der Waals surface area contributed by atoms with Gasteiger partial charge in [-0.3, -0.25) is 14.6 Å². The van der Waals surface area contributed by atoms with E-state index in [9.17, 15) is 9.59 Å². The normalized spacial score (nSPS) is 11.6. The summed E-state index contributed by atoms with van der Waals surface area (Å²) in [5.74, 6) is -0.290. The number of benzene rings is 1. The molecule has 1 atom stereocenters. The van der Waals surface area contributed by atoms with Crippen LogP contribution in [0, 0.1) is 5.92 Å². The monoisotopic (exact) mass is 326 g/mol. The molecule has 0 aliphatic heterocycles. The SMILES string of the molecule is CNCC(C)C(=O)NCc1cccc(NC(=O)c2ccncc2)c1. The van der Waals surface area contributed by atoms with E-state index in [0.717, 1.165) is 5.56 Å². The van der Waals surface area contributed by atoms with Crippen LogP contribution in [0.3, 0.4) is 0 Å². The number of anilines is 1. The van der Waals surface area contributed by atoms with Crippen LogP contribution in [0.25, 0.3) is 0 Å². The quantitative estimate of drug-likeness (QED) is 0.724. The second-order valence-corrected chi connectivity index (χ2v) is 5.57. The molecule has 3 N–H and O–H groups in total. The molecule has 0 saturated carbocycles. The highest BCUT2D eigenvalue weighted by atomic mass is 16.2. The van der Waals surface area contributed by atoms with Crippen molar-refractivity contribution in [3.8, 4) is 0 Å². The highest BCUT2D eigenvalue weighted by molar-refractivity contribution is 6.04. The van der Waals surface area contributed by atoms with Gasteiger partial charge in [0.2, 0.25) is 5.91 Å². The summed E-state index contributed by atoms with van der Waals surface area (Å²) in [7, 11) is 1.82. The van der Waals surface area contributed by atoms with Crippen LogP contribution < -0.4 is 16.0 Å². The Morgan fingerprint density at radius 2 is 1.92 bits per heavy atom. The van der Waals surface area contributed by atoms with Gasteiger partial charge < -0.3 is 16.0 Å². The number of hydrogen-bond acceptors (Lipinski definition) is 4. The van der Waals surface area contributed by atoms with Gasteiger partial charge in [0.25, 0.3) is 5.91 Å². The zero-order valence-corrected chi connectivity index (χ0v) is 13.9. The third kappa shape index (κ3) is 5.17. The van der Waals surface area contributed by atoms with Crippen LogP contribution in [-0.2, 0) is 11.3 Å². The van der Waals surface area contributed by atoms with Crippen molar-refractivity contribution in [3.05, 3.63) is 59.9 Å². The average molecular weight is 326 g/mol. The predicted octanol–water partition coefficient (Wildman–Crippen LogP) is 1.81. The zero-order chi connectivity index (χ0) is 17.4. The van der Waals surface area contributed by atoms with Crippen molar-refractivity contribution < 1.29 is 9.59 Å². The number of aromatic nitrogens is 1. The molecule has 126 valence electrons. The molecule has 1 unspecified atom stereocenters. The van der Waals surface area contributed by atoms with E-state index in [2.05, 4.69) is 20.9 Å². The van der Waals surface area contributed by atoms with E-state index in [0.29, 0.717) is 24.3 Å². The minimum atomic E-state index is -0.193. The van der Waals surface area contributed by atoms with Gasteiger partial charge in [-0.1, -0.05) is 19.1 Å². The Kier molecular flexibility index (Phi) is 6.45. The molecule has 6 nitrogen and oxygen atoms in total. The molecule has 2 aromatic rings. The van der Waals surface area contributed by atoms with Crippen molar-refractivity contribution in [3.63, 3.8) is 0 Å². The molecular weight excluding hydrogens is 304 g/mol. The molecule has 24 heavy (non-hydrogen) atoms.